The third-order valence-corrected chi connectivity index (χ3v) is 3.77. The lowest BCUT2D eigenvalue weighted by Crippen LogP contribution is -2.38. The van der Waals surface area contributed by atoms with Crippen molar-refractivity contribution in [1.82, 2.24) is 0 Å². The lowest BCUT2D eigenvalue weighted by molar-refractivity contribution is 0.513. The van der Waals surface area contributed by atoms with Crippen LogP contribution in [0.1, 0.15) is 0 Å². The Morgan fingerprint density at radius 2 is 2.00 bits per heavy atom. The molecule has 0 amide bonds. The van der Waals surface area contributed by atoms with Crippen LogP contribution in [0.15, 0.2) is 32.0 Å². The van der Waals surface area contributed by atoms with Gasteiger partial charge in [-0.15, -0.1) is 0 Å². The molecule has 0 N–H and O–H groups in total. The van der Waals surface area contributed by atoms with Gasteiger partial charge in [-0.3, -0.25) is 0 Å². The van der Waals surface area contributed by atoms with Gasteiger partial charge in [-0.1, -0.05) is 19.6 Å². The first-order chi connectivity index (χ1) is 6.48. The Kier molecular flexibility index (Phi) is 1.89. The van der Waals surface area contributed by atoms with Crippen molar-refractivity contribution < 1.29 is 8.83 Å². The van der Waals surface area contributed by atoms with Gasteiger partial charge in [0, 0.05) is 11.6 Å². The summed E-state index contributed by atoms with van der Waals surface area (Å²) >= 11 is 0. The van der Waals surface area contributed by atoms with E-state index in [1.807, 2.05) is 0 Å². The van der Waals surface area contributed by atoms with Crippen LogP contribution in [0.3, 0.4) is 0 Å². The highest BCUT2D eigenvalue weighted by Gasteiger charge is 2.27. The molecule has 0 unspecified atom stereocenters. The molecule has 2 rings (SSSR count). The fourth-order valence-corrected chi connectivity index (χ4v) is 2.73. The Morgan fingerprint density at radius 1 is 1.29 bits per heavy atom. The largest absolute Gasteiger partial charge is 0.471 e. The summed E-state index contributed by atoms with van der Waals surface area (Å²) in [6, 6.07) is 3.25. The summed E-state index contributed by atoms with van der Waals surface area (Å²) in [5.74, 6) is 0.622. The zero-order valence-electron chi connectivity index (χ0n) is 8.46. The van der Waals surface area contributed by atoms with E-state index in [0.29, 0.717) is 5.76 Å². The maximum atomic E-state index is 11.1. The average molecular weight is 208 g/mol. The Balaban J connectivity index is 2.75. The van der Waals surface area contributed by atoms with Crippen LogP contribution in [-0.4, -0.2) is 8.07 Å². The molecule has 0 aromatic rings. The molecule has 4 heteroatoms. The number of hydrogen-bond donors (Lipinski definition) is 0. The minimum absolute atomic E-state index is 0.305. The van der Waals surface area contributed by atoms with E-state index in [9.17, 15) is 4.79 Å². The maximum Gasteiger partial charge on any atom is 0.337 e. The molecule has 2 aliphatic rings. The average Bonchev–Trinajstić information content (AvgIpc) is 2.41. The van der Waals surface area contributed by atoms with Gasteiger partial charge >= 0.3 is 5.63 Å². The third-order valence-electron chi connectivity index (χ3n) is 2.06. The lowest BCUT2D eigenvalue weighted by atomic mass is 10.2. The summed E-state index contributed by atoms with van der Waals surface area (Å²) < 4.78 is 10.6. The zero-order chi connectivity index (χ0) is 10.3. The number of fused-ring (bicyclic) bond motifs is 1. The van der Waals surface area contributed by atoms with Gasteiger partial charge in [-0.05, 0) is 6.07 Å². The van der Waals surface area contributed by atoms with Gasteiger partial charge in [0.25, 0.3) is 0 Å². The van der Waals surface area contributed by atoms with Crippen molar-refractivity contribution in [3.8, 4) is 11.3 Å². The molecule has 0 saturated carbocycles. The highest BCUT2D eigenvalue weighted by Crippen LogP contribution is 2.20. The van der Waals surface area contributed by atoms with Crippen molar-refractivity contribution in [1.29, 1.82) is 0 Å². The number of furan rings is 1. The fraction of sp³-hybridized carbons (Fsp3) is 0.300. The Bertz CT molecular complexity index is 475. The van der Waals surface area contributed by atoms with E-state index in [1.165, 1.54) is 6.07 Å². The molecule has 0 radical (unpaired) electrons. The van der Waals surface area contributed by atoms with Crippen LogP contribution in [0.25, 0.3) is 11.3 Å². The van der Waals surface area contributed by atoms with E-state index in [2.05, 4.69) is 19.6 Å². The highest BCUT2D eigenvalue weighted by molar-refractivity contribution is 6.88. The minimum atomic E-state index is -1.58. The fourth-order valence-electron chi connectivity index (χ4n) is 1.43. The Hall–Kier alpha value is -1.29. The molecule has 0 aromatic carbocycles. The van der Waals surface area contributed by atoms with Crippen LogP contribution in [0.2, 0.25) is 19.6 Å². The van der Waals surface area contributed by atoms with Crippen LogP contribution in [-0.2, 0) is 0 Å². The van der Waals surface area contributed by atoms with Gasteiger partial charge in [-0.25, -0.2) is 4.79 Å². The van der Waals surface area contributed by atoms with Gasteiger partial charge in [-0.2, -0.15) is 0 Å². The van der Waals surface area contributed by atoms with Crippen LogP contribution in [0, 0.1) is 0 Å². The summed E-state index contributed by atoms with van der Waals surface area (Å²) in [4.78, 5) is 11.1. The zero-order valence-corrected chi connectivity index (χ0v) is 9.46. The molecule has 74 valence electrons. The monoisotopic (exact) mass is 208 g/mol. The minimum Gasteiger partial charge on any atom is -0.471 e. The number of hydrogen-bond acceptors (Lipinski definition) is 3. The van der Waals surface area contributed by atoms with E-state index in [1.54, 1.807) is 12.3 Å². The molecule has 2 heterocycles. The van der Waals surface area contributed by atoms with Crippen LogP contribution >= 0.6 is 0 Å². The molecule has 2 aliphatic heterocycles. The molecule has 0 spiro atoms. The van der Waals surface area contributed by atoms with Crippen molar-refractivity contribution in [2.45, 2.75) is 19.6 Å². The van der Waals surface area contributed by atoms with E-state index in [4.69, 9.17) is 8.83 Å². The summed E-state index contributed by atoms with van der Waals surface area (Å²) in [6.45, 7) is 6.45. The van der Waals surface area contributed by atoms with E-state index < -0.39 is 8.07 Å². The predicted molar refractivity (Wildman–Crippen MR) is 56.8 cm³/mol. The van der Waals surface area contributed by atoms with Crippen molar-refractivity contribution in [3.63, 3.8) is 0 Å². The lowest BCUT2D eigenvalue weighted by Gasteiger charge is -2.15. The second-order valence-electron chi connectivity index (χ2n) is 4.35. The SMILES string of the molecule is C[Si](C)(C)c1occc2cc(=O)oc1-2. The normalized spacial score (nSPS) is 12.2. The third kappa shape index (κ3) is 1.41. The molecule has 0 bridgehead atoms. The molecule has 0 saturated heterocycles. The number of rotatable bonds is 1. The van der Waals surface area contributed by atoms with Gasteiger partial charge in [0.15, 0.2) is 5.76 Å². The van der Waals surface area contributed by atoms with Gasteiger partial charge in [0.2, 0.25) is 0 Å². The standard InChI is InChI=1S/C10H12O3Si/c1-14(2,3)10-9-7(4-5-12-10)6-8(11)13-9/h4-6H,1-3H3. The topological polar surface area (TPSA) is 43.4 Å². The summed E-state index contributed by atoms with van der Waals surface area (Å²) in [5.41, 5.74) is 0.527. The molecule has 14 heavy (non-hydrogen) atoms. The molecule has 0 fully saturated rings. The van der Waals surface area contributed by atoms with E-state index >= 15 is 0 Å². The quantitative estimate of drug-likeness (QED) is 0.672. The Morgan fingerprint density at radius 3 is 2.64 bits per heavy atom. The van der Waals surface area contributed by atoms with Crippen molar-refractivity contribution in [2.24, 2.45) is 0 Å². The summed E-state index contributed by atoms with van der Waals surface area (Å²) in [5, 5.41) is 0.845. The first kappa shape index (κ1) is 9.27. The maximum absolute atomic E-state index is 11.1. The van der Waals surface area contributed by atoms with Gasteiger partial charge in [0.1, 0.15) is 13.5 Å². The molecule has 0 atom stereocenters. The molecule has 0 aliphatic carbocycles. The van der Waals surface area contributed by atoms with E-state index in [-0.39, 0.29) is 5.63 Å². The molecular weight excluding hydrogens is 196 g/mol. The Labute approximate surface area is 82.7 Å². The predicted octanol–water partition coefficient (Wildman–Crippen LogP) is 1.88. The molecule has 0 aromatic heterocycles. The van der Waals surface area contributed by atoms with Gasteiger partial charge in [0.05, 0.1) is 6.26 Å². The smallest absolute Gasteiger partial charge is 0.337 e. The van der Waals surface area contributed by atoms with Crippen molar-refractivity contribution >= 4 is 13.5 Å². The second-order valence-corrected chi connectivity index (χ2v) is 9.30. The van der Waals surface area contributed by atoms with Crippen LogP contribution in [0.4, 0.5) is 0 Å². The molecule has 3 nitrogen and oxygen atoms in total. The van der Waals surface area contributed by atoms with E-state index in [0.717, 1.165) is 10.9 Å². The van der Waals surface area contributed by atoms with Gasteiger partial charge < -0.3 is 8.83 Å². The summed E-state index contributed by atoms with van der Waals surface area (Å²) in [7, 11) is -1.58. The van der Waals surface area contributed by atoms with Crippen LogP contribution < -0.4 is 11.0 Å². The van der Waals surface area contributed by atoms with Crippen molar-refractivity contribution in [3.05, 3.63) is 28.8 Å². The second kappa shape index (κ2) is 2.85. The first-order valence-corrected chi connectivity index (χ1v) is 8.00. The summed E-state index contributed by atoms with van der Waals surface area (Å²) in [6.07, 6.45) is 1.62. The van der Waals surface area contributed by atoms with Crippen LogP contribution in [0.5, 0.6) is 0 Å². The first-order valence-electron chi connectivity index (χ1n) is 4.50. The molecular formula is C10H12O3Si. The highest BCUT2D eigenvalue weighted by atomic mass is 28.3. The van der Waals surface area contributed by atoms with Crippen molar-refractivity contribution in [2.75, 3.05) is 0 Å².